The first-order valence-electron chi connectivity index (χ1n) is 8.22. The number of anilines is 1. The minimum absolute atomic E-state index is 0.129. The summed E-state index contributed by atoms with van der Waals surface area (Å²) >= 11 is 4.87. The highest BCUT2D eigenvalue weighted by atomic mass is 32.1. The van der Waals surface area contributed by atoms with E-state index in [1.54, 1.807) is 31.2 Å². The summed E-state index contributed by atoms with van der Waals surface area (Å²) < 4.78 is 53.8. The van der Waals surface area contributed by atoms with E-state index in [9.17, 15) is 22.4 Å². The Balaban J connectivity index is 2.29. The summed E-state index contributed by atoms with van der Waals surface area (Å²) in [5, 5.41) is 3.88. The monoisotopic (exact) mass is 396 g/mol. The van der Waals surface area contributed by atoms with Crippen molar-refractivity contribution < 1.29 is 22.4 Å². The van der Waals surface area contributed by atoms with E-state index in [4.69, 9.17) is 12.2 Å². The molecule has 1 heterocycles. The summed E-state index contributed by atoms with van der Waals surface area (Å²) in [6.07, 6.45) is -4.49. The second kappa shape index (κ2) is 6.92. The van der Waals surface area contributed by atoms with Crippen molar-refractivity contribution in [3.05, 3.63) is 65.0 Å². The van der Waals surface area contributed by atoms with Gasteiger partial charge in [-0.15, -0.1) is 0 Å². The zero-order valence-corrected chi connectivity index (χ0v) is 15.1. The quantitative estimate of drug-likeness (QED) is 0.566. The molecule has 3 rings (SSSR count). The summed E-state index contributed by atoms with van der Waals surface area (Å²) in [6, 6.07) is 9.39. The number of amides is 2. The molecule has 3 nitrogen and oxygen atoms in total. The number of thiocarbonyl (C=S) groups is 1. The van der Waals surface area contributed by atoms with Crippen LogP contribution in [0.4, 0.5) is 28.0 Å². The second-order valence-electron chi connectivity index (χ2n) is 6.28. The van der Waals surface area contributed by atoms with Gasteiger partial charge in [0.15, 0.2) is 0 Å². The SMILES string of the molecule is CCC1(c2ccc(C=S)cc2)c2cc(F)ccc2NC(=O)N1CC(F)(F)F. The maximum Gasteiger partial charge on any atom is 0.406 e. The Labute approximate surface area is 159 Å². The van der Waals surface area contributed by atoms with Crippen LogP contribution in [0.3, 0.4) is 0 Å². The predicted molar refractivity (Wildman–Crippen MR) is 98.4 cm³/mol. The van der Waals surface area contributed by atoms with Crippen LogP contribution in [-0.2, 0) is 5.54 Å². The average Bonchev–Trinajstić information content (AvgIpc) is 2.62. The fraction of sp³-hybridized carbons (Fsp3) is 0.263. The summed E-state index contributed by atoms with van der Waals surface area (Å²) in [5.74, 6) is -0.592. The molecule has 2 amide bonds. The maximum atomic E-state index is 14.0. The van der Waals surface area contributed by atoms with Crippen LogP contribution in [0.15, 0.2) is 42.5 Å². The summed E-state index contributed by atoms with van der Waals surface area (Å²) in [7, 11) is 0. The summed E-state index contributed by atoms with van der Waals surface area (Å²) in [5.41, 5.74) is 0.276. The van der Waals surface area contributed by atoms with E-state index in [0.717, 1.165) is 11.0 Å². The van der Waals surface area contributed by atoms with Gasteiger partial charge in [0.25, 0.3) is 0 Å². The second-order valence-corrected chi connectivity index (χ2v) is 6.51. The Morgan fingerprint density at radius 1 is 1.19 bits per heavy atom. The Morgan fingerprint density at radius 3 is 2.41 bits per heavy atom. The molecule has 1 atom stereocenters. The van der Waals surface area contributed by atoms with Crippen LogP contribution < -0.4 is 5.32 Å². The number of alkyl halides is 3. The molecule has 0 aliphatic carbocycles. The number of hydrogen-bond donors (Lipinski definition) is 1. The van der Waals surface area contributed by atoms with Crippen LogP contribution in [0.5, 0.6) is 0 Å². The Morgan fingerprint density at radius 2 is 1.85 bits per heavy atom. The van der Waals surface area contributed by atoms with Gasteiger partial charge in [0.1, 0.15) is 12.4 Å². The van der Waals surface area contributed by atoms with Gasteiger partial charge in [-0.05, 0) is 35.7 Å². The highest BCUT2D eigenvalue weighted by Crippen LogP contribution is 2.46. The summed E-state index contributed by atoms with van der Waals surface area (Å²) in [4.78, 5) is 13.3. The molecule has 0 saturated carbocycles. The Hall–Kier alpha value is -2.48. The van der Waals surface area contributed by atoms with Gasteiger partial charge < -0.3 is 10.2 Å². The zero-order chi connectivity index (χ0) is 19.8. The average molecular weight is 396 g/mol. The largest absolute Gasteiger partial charge is 0.406 e. The molecule has 0 bridgehead atoms. The maximum absolute atomic E-state index is 14.0. The van der Waals surface area contributed by atoms with Crippen LogP contribution in [-0.4, -0.2) is 29.0 Å². The molecule has 2 aromatic carbocycles. The fourth-order valence-corrected chi connectivity index (χ4v) is 3.75. The number of hydrogen-bond acceptors (Lipinski definition) is 2. The normalized spacial score (nSPS) is 19.4. The lowest BCUT2D eigenvalue weighted by molar-refractivity contribution is -0.148. The minimum atomic E-state index is -4.61. The first kappa shape index (κ1) is 19.3. The van der Waals surface area contributed by atoms with Gasteiger partial charge in [-0.25, -0.2) is 9.18 Å². The molecular formula is C19H16F4N2OS. The molecule has 27 heavy (non-hydrogen) atoms. The number of rotatable bonds is 4. The molecule has 8 heteroatoms. The van der Waals surface area contributed by atoms with Crippen LogP contribution in [0.25, 0.3) is 0 Å². The highest BCUT2D eigenvalue weighted by Gasteiger charge is 2.50. The highest BCUT2D eigenvalue weighted by molar-refractivity contribution is 7.79. The van der Waals surface area contributed by atoms with Crippen molar-refractivity contribution in [2.75, 3.05) is 11.9 Å². The van der Waals surface area contributed by atoms with Gasteiger partial charge in [0.05, 0.1) is 5.54 Å². The lowest BCUT2D eigenvalue weighted by Crippen LogP contribution is -2.57. The van der Waals surface area contributed by atoms with E-state index >= 15 is 0 Å². The zero-order valence-electron chi connectivity index (χ0n) is 14.3. The Kier molecular flexibility index (Phi) is 4.94. The third-order valence-corrected chi connectivity index (χ3v) is 5.02. The molecule has 0 fully saturated rings. The first-order valence-corrected chi connectivity index (χ1v) is 8.69. The number of urea groups is 1. The fourth-order valence-electron chi connectivity index (χ4n) is 3.59. The molecule has 1 aliphatic rings. The number of nitrogens with one attached hydrogen (secondary N) is 1. The van der Waals surface area contributed by atoms with Crippen molar-refractivity contribution in [3.63, 3.8) is 0 Å². The number of carbonyl (C=O) groups is 1. The number of fused-ring (bicyclic) bond motifs is 1. The lowest BCUT2D eigenvalue weighted by atomic mass is 9.76. The van der Waals surface area contributed by atoms with Crippen LogP contribution in [0, 0.1) is 5.82 Å². The van der Waals surface area contributed by atoms with Gasteiger partial charge in [0.2, 0.25) is 0 Å². The minimum Gasteiger partial charge on any atom is -0.307 e. The standard InChI is InChI=1S/C19H16F4N2OS/c1-2-18(13-5-3-12(10-27)4-6-13)15-9-14(20)7-8-16(15)24-17(26)25(18)11-19(21,22)23/h3-10H,2,11H2,1H3,(H,24,26). The van der Waals surface area contributed by atoms with Crippen LogP contribution >= 0.6 is 12.2 Å². The molecule has 2 aromatic rings. The van der Waals surface area contributed by atoms with Gasteiger partial charge in [-0.3, -0.25) is 0 Å². The van der Waals surface area contributed by atoms with E-state index in [1.165, 1.54) is 17.5 Å². The van der Waals surface area contributed by atoms with Crippen molar-refractivity contribution in [3.8, 4) is 0 Å². The van der Waals surface area contributed by atoms with E-state index in [0.29, 0.717) is 16.8 Å². The van der Waals surface area contributed by atoms with Crippen LogP contribution in [0.1, 0.15) is 30.0 Å². The summed E-state index contributed by atoms with van der Waals surface area (Å²) in [6.45, 7) is 0.210. The molecule has 0 aromatic heterocycles. The van der Waals surface area contributed by atoms with Crippen molar-refractivity contribution >= 4 is 29.3 Å². The molecule has 1 N–H and O–H groups in total. The van der Waals surface area contributed by atoms with Crippen molar-refractivity contribution in [1.29, 1.82) is 0 Å². The van der Waals surface area contributed by atoms with Gasteiger partial charge in [-0.2, -0.15) is 13.2 Å². The number of carbonyl (C=O) groups excluding carboxylic acids is 1. The van der Waals surface area contributed by atoms with Gasteiger partial charge in [0, 0.05) is 16.6 Å². The molecule has 0 saturated heterocycles. The van der Waals surface area contributed by atoms with Gasteiger partial charge >= 0.3 is 12.2 Å². The molecule has 1 aliphatic heterocycles. The van der Waals surface area contributed by atoms with Crippen molar-refractivity contribution in [1.82, 2.24) is 4.90 Å². The molecule has 1 unspecified atom stereocenters. The van der Waals surface area contributed by atoms with Crippen molar-refractivity contribution in [2.45, 2.75) is 25.1 Å². The van der Waals surface area contributed by atoms with E-state index in [-0.39, 0.29) is 12.0 Å². The van der Waals surface area contributed by atoms with E-state index in [1.807, 2.05) is 0 Å². The van der Waals surface area contributed by atoms with Crippen LogP contribution in [0.2, 0.25) is 0 Å². The smallest absolute Gasteiger partial charge is 0.307 e. The molecule has 0 spiro atoms. The van der Waals surface area contributed by atoms with E-state index < -0.39 is 30.1 Å². The third-order valence-electron chi connectivity index (χ3n) is 4.75. The first-order chi connectivity index (χ1) is 12.7. The number of nitrogens with zero attached hydrogens (tertiary/aromatic N) is 1. The van der Waals surface area contributed by atoms with Crippen molar-refractivity contribution in [2.24, 2.45) is 0 Å². The number of halogens is 4. The Bertz CT molecular complexity index is 882. The molecule has 0 radical (unpaired) electrons. The third kappa shape index (κ3) is 3.41. The lowest BCUT2D eigenvalue weighted by Gasteiger charge is -2.48. The van der Waals surface area contributed by atoms with E-state index in [2.05, 4.69) is 5.32 Å². The number of benzene rings is 2. The van der Waals surface area contributed by atoms with Gasteiger partial charge in [-0.1, -0.05) is 43.4 Å². The molecule has 142 valence electrons. The topological polar surface area (TPSA) is 32.3 Å². The predicted octanol–water partition coefficient (Wildman–Crippen LogP) is 5.24. The molecular weight excluding hydrogens is 380 g/mol.